The van der Waals surface area contributed by atoms with E-state index in [9.17, 15) is 13.6 Å². The van der Waals surface area contributed by atoms with Crippen LogP contribution in [0.3, 0.4) is 0 Å². The van der Waals surface area contributed by atoms with Gasteiger partial charge in [-0.1, -0.05) is 38.0 Å². The van der Waals surface area contributed by atoms with Gasteiger partial charge in [0.15, 0.2) is 11.6 Å². The molecular weight excluding hydrogens is 398 g/mol. The summed E-state index contributed by atoms with van der Waals surface area (Å²) in [5.74, 6) is -1.38. The predicted molar refractivity (Wildman–Crippen MR) is 117 cm³/mol. The van der Waals surface area contributed by atoms with Crippen molar-refractivity contribution in [1.82, 2.24) is 0 Å². The van der Waals surface area contributed by atoms with Gasteiger partial charge in [0.05, 0.1) is 12.0 Å². The number of carbonyl (C=O) groups is 1. The van der Waals surface area contributed by atoms with Crippen LogP contribution in [0.25, 0.3) is 0 Å². The van der Waals surface area contributed by atoms with Crippen molar-refractivity contribution in [3.8, 4) is 5.75 Å². The molecule has 5 heteroatoms. The van der Waals surface area contributed by atoms with Gasteiger partial charge in [-0.2, -0.15) is 0 Å². The zero-order chi connectivity index (χ0) is 22.1. The number of unbranched alkanes of at least 4 members (excludes halogenated alkanes) is 2. The van der Waals surface area contributed by atoms with Crippen molar-refractivity contribution in [2.75, 3.05) is 6.61 Å². The minimum absolute atomic E-state index is 0.0199. The average Bonchev–Trinajstić information content (AvgIpc) is 2.78. The number of hydrogen-bond acceptors (Lipinski definition) is 3. The Morgan fingerprint density at radius 2 is 1.61 bits per heavy atom. The lowest BCUT2D eigenvalue weighted by molar-refractivity contribution is -0.141. The van der Waals surface area contributed by atoms with Crippen LogP contribution in [-0.2, 0) is 22.4 Å². The van der Waals surface area contributed by atoms with Gasteiger partial charge >= 0.3 is 5.97 Å². The molecule has 0 unspecified atom stereocenters. The fourth-order valence-corrected chi connectivity index (χ4v) is 3.98. The van der Waals surface area contributed by atoms with Crippen molar-refractivity contribution >= 4 is 5.97 Å². The van der Waals surface area contributed by atoms with E-state index in [0.717, 1.165) is 37.0 Å². The molecule has 168 valence electrons. The van der Waals surface area contributed by atoms with E-state index in [1.54, 1.807) is 18.2 Å². The van der Waals surface area contributed by atoms with E-state index in [-0.39, 0.29) is 29.6 Å². The van der Waals surface area contributed by atoms with Crippen LogP contribution in [0.1, 0.15) is 63.0 Å². The number of ether oxygens (including phenoxy) is 2. The second-order valence-corrected chi connectivity index (χ2v) is 8.36. The molecule has 0 saturated heterocycles. The van der Waals surface area contributed by atoms with Crippen LogP contribution in [-0.4, -0.2) is 18.7 Å². The van der Waals surface area contributed by atoms with Gasteiger partial charge in [-0.25, -0.2) is 8.78 Å². The van der Waals surface area contributed by atoms with Gasteiger partial charge < -0.3 is 9.47 Å². The Bertz CT molecular complexity index is 827. The summed E-state index contributed by atoms with van der Waals surface area (Å²) < 4.78 is 38.7. The van der Waals surface area contributed by atoms with Gasteiger partial charge in [0, 0.05) is 6.61 Å². The summed E-state index contributed by atoms with van der Waals surface area (Å²) in [5, 5.41) is 0. The van der Waals surface area contributed by atoms with Gasteiger partial charge in [-0.15, -0.1) is 0 Å². The van der Waals surface area contributed by atoms with Gasteiger partial charge in [0.25, 0.3) is 0 Å². The maximum Gasteiger partial charge on any atom is 0.314 e. The first kappa shape index (κ1) is 23.4. The second-order valence-electron chi connectivity index (χ2n) is 8.36. The first-order chi connectivity index (χ1) is 15.0. The minimum Gasteiger partial charge on any atom is -0.423 e. The number of hydrogen-bond donors (Lipinski definition) is 0. The highest BCUT2D eigenvalue weighted by atomic mass is 19.1. The molecule has 2 aromatic carbocycles. The highest BCUT2D eigenvalue weighted by Crippen LogP contribution is 2.29. The zero-order valence-electron chi connectivity index (χ0n) is 18.2. The van der Waals surface area contributed by atoms with Crippen molar-refractivity contribution < 1.29 is 23.0 Å². The number of benzene rings is 2. The van der Waals surface area contributed by atoms with E-state index >= 15 is 0 Å². The highest BCUT2D eigenvalue weighted by molar-refractivity contribution is 5.75. The number of carbonyl (C=O) groups excluding carboxylic acids is 1. The Morgan fingerprint density at radius 1 is 0.935 bits per heavy atom. The van der Waals surface area contributed by atoms with E-state index in [2.05, 4.69) is 6.92 Å². The first-order valence-electron chi connectivity index (χ1n) is 11.4. The normalized spacial score (nSPS) is 18.7. The summed E-state index contributed by atoms with van der Waals surface area (Å²) >= 11 is 0. The number of halogens is 2. The van der Waals surface area contributed by atoms with Crippen LogP contribution >= 0.6 is 0 Å². The van der Waals surface area contributed by atoms with E-state index in [0.29, 0.717) is 25.7 Å². The molecule has 3 rings (SSSR count). The van der Waals surface area contributed by atoms with Crippen molar-refractivity contribution in [3.05, 3.63) is 65.2 Å². The minimum atomic E-state index is -0.530. The fourth-order valence-electron chi connectivity index (χ4n) is 3.98. The molecule has 0 radical (unpaired) electrons. The molecule has 3 nitrogen and oxygen atoms in total. The molecule has 0 aromatic heterocycles. The molecule has 2 aromatic rings. The Labute approximate surface area is 183 Å². The second kappa shape index (κ2) is 11.9. The van der Waals surface area contributed by atoms with Crippen LogP contribution < -0.4 is 4.74 Å². The largest absolute Gasteiger partial charge is 0.423 e. The summed E-state index contributed by atoms with van der Waals surface area (Å²) in [6.45, 7) is 2.95. The summed E-state index contributed by atoms with van der Waals surface area (Å²) in [7, 11) is 0. The third kappa shape index (κ3) is 7.42. The summed E-state index contributed by atoms with van der Waals surface area (Å²) in [4.78, 5) is 12.5. The summed E-state index contributed by atoms with van der Waals surface area (Å²) in [6.07, 6.45) is 8.08. The fraction of sp³-hybridized carbons (Fsp3) is 0.500. The lowest BCUT2D eigenvalue weighted by Gasteiger charge is -2.27. The van der Waals surface area contributed by atoms with Crippen molar-refractivity contribution in [1.29, 1.82) is 0 Å². The molecule has 1 fully saturated rings. The standard InChI is InChI=1S/C26H32F2O3/c1-2-3-4-17-30-23-14-10-21(11-15-23)26(29)31-25-16-9-20(18-24(25)28)6-5-19-7-12-22(27)13-8-19/h7-9,12-13,16,18,21,23H,2-6,10-11,14-15,17H2,1H3/t21-,23-. The quantitative estimate of drug-likeness (QED) is 0.248. The topological polar surface area (TPSA) is 35.5 Å². The molecule has 0 heterocycles. The Kier molecular flexibility index (Phi) is 9.01. The number of aryl methyl sites for hydroxylation is 2. The lowest BCUT2D eigenvalue weighted by Crippen LogP contribution is -2.29. The molecule has 0 amide bonds. The maximum atomic E-state index is 14.5. The molecule has 0 N–H and O–H groups in total. The van der Waals surface area contributed by atoms with Crippen molar-refractivity contribution in [2.45, 2.75) is 70.8 Å². The van der Waals surface area contributed by atoms with Crippen LogP contribution in [0.4, 0.5) is 8.78 Å². The van der Waals surface area contributed by atoms with Crippen molar-refractivity contribution in [2.24, 2.45) is 5.92 Å². The molecular formula is C26H32F2O3. The third-order valence-electron chi connectivity index (χ3n) is 5.93. The molecule has 1 aliphatic rings. The van der Waals surface area contributed by atoms with Gasteiger partial charge in [0.1, 0.15) is 5.82 Å². The van der Waals surface area contributed by atoms with E-state index in [4.69, 9.17) is 9.47 Å². The molecule has 0 bridgehead atoms. The van der Waals surface area contributed by atoms with Crippen LogP contribution in [0.2, 0.25) is 0 Å². The number of rotatable bonds is 10. The monoisotopic (exact) mass is 430 g/mol. The van der Waals surface area contributed by atoms with Gasteiger partial charge in [-0.3, -0.25) is 4.79 Å². The molecule has 1 aliphatic carbocycles. The maximum absolute atomic E-state index is 14.5. The smallest absolute Gasteiger partial charge is 0.314 e. The van der Waals surface area contributed by atoms with E-state index in [1.807, 2.05) is 0 Å². The molecule has 0 spiro atoms. The predicted octanol–water partition coefficient (Wildman–Crippen LogP) is 6.42. The van der Waals surface area contributed by atoms with Crippen molar-refractivity contribution in [3.63, 3.8) is 0 Å². The molecule has 0 aliphatic heterocycles. The lowest BCUT2D eigenvalue weighted by atomic mass is 9.87. The Hall–Kier alpha value is -2.27. The summed E-state index contributed by atoms with van der Waals surface area (Å²) in [5.41, 5.74) is 1.80. The van der Waals surface area contributed by atoms with Gasteiger partial charge in [-0.05, 0) is 80.3 Å². The third-order valence-corrected chi connectivity index (χ3v) is 5.93. The zero-order valence-corrected chi connectivity index (χ0v) is 18.2. The van der Waals surface area contributed by atoms with Gasteiger partial charge in [0.2, 0.25) is 0 Å². The molecule has 0 atom stereocenters. The van der Waals surface area contributed by atoms with Crippen LogP contribution in [0.15, 0.2) is 42.5 Å². The van der Waals surface area contributed by atoms with E-state index in [1.165, 1.54) is 37.1 Å². The summed E-state index contributed by atoms with van der Waals surface area (Å²) in [6, 6.07) is 11.0. The number of esters is 1. The van der Waals surface area contributed by atoms with E-state index < -0.39 is 5.82 Å². The first-order valence-corrected chi connectivity index (χ1v) is 11.4. The Morgan fingerprint density at radius 3 is 2.29 bits per heavy atom. The molecule has 31 heavy (non-hydrogen) atoms. The van der Waals surface area contributed by atoms with Crippen LogP contribution in [0, 0.1) is 17.6 Å². The Balaban J connectivity index is 1.44. The molecule has 1 saturated carbocycles. The van der Waals surface area contributed by atoms with Crippen LogP contribution in [0.5, 0.6) is 5.75 Å². The SMILES string of the molecule is CCCCCO[C@H]1CC[C@H](C(=O)Oc2ccc(CCc3ccc(F)cc3)cc2F)CC1. The highest BCUT2D eigenvalue weighted by Gasteiger charge is 2.28. The average molecular weight is 431 g/mol.